The van der Waals surface area contributed by atoms with Crippen molar-refractivity contribution in [2.75, 3.05) is 18.4 Å². The number of amides is 2. The maximum Gasteiger partial charge on any atom is 0.323 e. The van der Waals surface area contributed by atoms with Crippen LogP contribution in [0.25, 0.3) is 0 Å². The molecule has 2 heterocycles. The zero-order valence-electron chi connectivity index (χ0n) is 11.6. The van der Waals surface area contributed by atoms with Crippen molar-refractivity contribution < 1.29 is 14.7 Å². The van der Waals surface area contributed by atoms with Crippen LogP contribution in [0.4, 0.5) is 9.93 Å². The molecule has 0 bridgehead atoms. The topological polar surface area (TPSA) is 82.5 Å². The van der Waals surface area contributed by atoms with Gasteiger partial charge in [0.1, 0.15) is 0 Å². The molecule has 1 atom stereocenters. The van der Waals surface area contributed by atoms with Crippen LogP contribution < -0.4 is 5.32 Å². The second kappa shape index (κ2) is 6.21. The number of carbonyl (C=O) groups is 2. The molecule has 110 valence electrons. The maximum atomic E-state index is 12.1. The Kier molecular flexibility index (Phi) is 4.59. The van der Waals surface area contributed by atoms with Gasteiger partial charge in [-0.15, -0.1) is 11.3 Å². The lowest BCUT2D eigenvalue weighted by Crippen LogP contribution is -2.44. The van der Waals surface area contributed by atoms with Gasteiger partial charge < -0.3 is 10.0 Å². The predicted octanol–water partition coefficient (Wildman–Crippen LogP) is 2.60. The second-order valence-corrected chi connectivity index (χ2v) is 6.34. The summed E-state index contributed by atoms with van der Waals surface area (Å²) in [6.45, 7) is 5.00. The minimum atomic E-state index is -0.834. The van der Waals surface area contributed by atoms with E-state index in [1.54, 1.807) is 11.1 Å². The normalized spacial score (nSPS) is 19.1. The number of anilines is 1. The molecule has 6 nitrogen and oxygen atoms in total. The number of aromatic nitrogens is 1. The van der Waals surface area contributed by atoms with Gasteiger partial charge in [0.25, 0.3) is 0 Å². The van der Waals surface area contributed by atoms with Crippen LogP contribution in [0, 0.1) is 5.92 Å². The molecule has 1 aliphatic heterocycles. The summed E-state index contributed by atoms with van der Waals surface area (Å²) < 4.78 is 0. The van der Waals surface area contributed by atoms with Crippen molar-refractivity contribution in [1.29, 1.82) is 0 Å². The highest BCUT2D eigenvalue weighted by atomic mass is 32.1. The zero-order valence-corrected chi connectivity index (χ0v) is 12.4. The molecule has 2 amide bonds. The molecule has 1 aromatic heterocycles. The van der Waals surface area contributed by atoms with Crippen LogP contribution >= 0.6 is 11.3 Å². The summed E-state index contributed by atoms with van der Waals surface area (Å²) >= 11 is 1.45. The first kappa shape index (κ1) is 14.8. The maximum absolute atomic E-state index is 12.1. The average molecular weight is 297 g/mol. The van der Waals surface area contributed by atoms with Crippen LogP contribution in [-0.4, -0.2) is 40.1 Å². The van der Waals surface area contributed by atoms with Crippen LogP contribution in [-0.2, 0) is 4.79 Å². The van der Waals surface area contributed by atoms with Gasteiger partial charge in [0, 0.05) is 24.2 Å². The fourth-order valence-corrected chi connectivity index (χ4v) is 2.95. The Morgan fingerprint density at radius 2 is 2.30 bits per heavy atom. The van der Waals surface area contributed by atoms with Crippen LogP contribution in [0.1, 0.15) is 37.5 Å². The Labute approximate surface area is 121 Å². The van der Waals surface area contributed by atoms with Crippen LogP contribution in [0.2, 0.25) is 0 Å². The van der Waals surface area contributed by atoms with E-state index in [0.717, 1.165) is 11.3 Å². The Morgan fingerprint density at radius 3 is 2.90 bits per heavy atom. The third-order valence-corrected chi connectivity index (χ3v) is 4.58. The van der Waals surface area contributed by atoms with E-state index in [4.69, 9.17) is 5.11 Å². The molecule has 1 fully saturated rings. The number of nitrogens with zero attached hydrogens (tertiary/aromatic N) is 2. The minimum absolute atomic E-state index is 0.263. The molecule has 7 heteroatoms. The molecule has 2 N–H and O–H groups in total. The van der Waals surface area contributed by atoms with E-state index in [-0.39, 0.29) is 12.6 Å². The standard InChI is InChI=1S/C13H19N3O3S/c1-8(2)10-6-14-12(20-10)15-13(19)16-5-3-4-9(7-16)11(17)18/h6,8-9H,3-5,7H2,1-2H3,(H,17,18)(H,14,15,19). The molecule has 0 radical (unpaired) electrons. The van der Waals surface area contributed by atoms with E-state index in [0.29, 0.717) is 24.0 Å². The van der Waals surface area contributed by atoms with E-state index < -0.39 is 11.9 Å². The van der Waals surface area contributed by atoms with Crippen molar-refractivity contribution in [1.82, 2.24) is 9.88 Å². The number of carboxylic acid groups (broad SMARTS) is 1. The summed E-state index contributed by atoms with van der Waals surface area (Å²) in [7, 11) is 0. The number of urea groups is 1. The van der Waals surface area contributed by atoms with Gasteiger partial charge in [-0.05, 0) is 18.8 Å². The van der Waals surface area contributed by atoms with E-state index in [2.05, 4.69) is 24.1 Å². The molecule has 0 spiro atoms. The molecule has 20 heavy (non-hydrogen) atoms. The highest BCUT2D eigenvalue weighted by Gasteiger charge is 2.28. The zero-order chi connectivity index (χ0) is 14.7. The summed E-state index contributed by atoms with van der Waals surface area (Å²) in [6, 6.07) is -0.263. The van der Waals surface area contributed by atoms with Gasteiger partial charge in [-0.2, -0.15) is 0 Å². The lowest BCUT2D eigenvalue weighted by Gasteiger charge is -2.30. The molecule has 0 aliphatic carbocycles. The van der Waals surface area contributed by atoms with Crippen LogP contribution in [0.3, 0.4) is 0 Å². The summed E-state index contributed by atoms with van der Waals surface area (Å²) in [5, 5.41) is 12.3. The Balaban J connectivity index is 1.95. The van der Waals surface area contributed by atoms with Gasteiger partial charge in [0.05, 0.1) is 5.92 Å². The van der Waals surface area contributed by atoms with E-state index >= 15 is 0 Å². The van der Waals surface area contributed by atoms with Crippen molar-refractivity contribution in [2.24, 2.45) is 5.92 Å². The summed E-state index contributed by atoms with van der Waals surface area (Å²) in [4.78, 5) is 29.9. The summed E-state index contributed by atoms with van der Waals surface area (Å²) in [6.07, 6.45) is 3.12. The Morgan fingerprint density at radius 1 is 1.55 bits per heavy atom. The predicted molar refractivity (Wildman–Crippen MR) is 77.2 cm³/mol. The highest BCUT2D eigenvalue weighted by molar-refractivity contribution is 7.15. The quantitative estimate of drug-likeness (QED) is 0.898. The van der Waals surface area contributed by atoms with Gasteiger partial charge in [0.15, 0.2) is 5.13 Å². The van der Waals surface area contributed by atoms with Crippen molar-refractivity contribution in [2.45, 2.75) is 32.6 Å². The lowest BCUT2D eigenvalue weighted by atomic mass is 9.99. The van der Waals surface area contributed by atoms with E-state index in [1.807, 2.05) is 0 Å². The molecular formula is C13H19N3O3S. The largest absolute Gasteiger partial charge is 0.481 e. The Hall–Kier alpha value is -1.63. The van der Waals surface area contributed by atoms with Crippen molar-refractivity contribution in [3.8, 4) is 0 Å². The number of hydrogen-bond donors (Lipinski definition) is 2. The molecule has 2 rings (SSSR count). The first-order valence-electron chi connectivity index (χ1n) is 6.72. The van der Waals surface area contributed by atoms with Crippen molar-refractivity contribution >= 4 is 28.5 Å². The van der Waals surface area contributed by atoms with Gasteiger partial charge in [-0.3, -0.25) is 10.1 Å². The number of thiazole rings is 1. The second-order valence-electron chi connectivity index (χ2n) is 5.28. The summed E-state index contributed by atoms with van der Waals surface area (Å²) in [5.74, 6) is -0.916. The molecular weight excluding hydrogens is 278 g/mol. The van der Waals surface area contributed by atoms with Gasteiger partial charge in [0.2, 0.25) is 0 Å². The number of carboxylic acids is 1. The molecule has 1 saturated heterocycles. The average Bonchev–Trinajstić information content (AvgIpc) is 2.87. The van der Waals surface area contributed by atoms with Gasteiger partial charge in [-0.1, -0.05) is 13.8 Å². The highest BCUT2D eigenvalue weighted by Crippen LogP contribution is 2.25. The van der Waals surface area contributed by atoms with E-state index in [9.17, 15) is 9.59 Å². The minimum Gasteiger partial charge on any atom is -0.481 e. The molecule has 1 aromatic rings. The van der Waals surface area contributed by atoms with Crippen molar-refractivity contribution in [3.05, 3.63) is 11.1 Å². The number of carbonyl (C=O) groups excluding carboxylic acids is 1. The number of rotatable bonds is 3. The lowest BCUT2D eigenvalue weighted by molar-refractivity contribution is -0.143. The van der Waals surface area contributed by atoms with Gasteiger partial charge in [-0.25, -0.2) is 9.78 Å². The first-order valence-corrected chi connectivity index (χ1v) is 7.53. The van der Waals surface area contributed by atoms with Crippen molar-refractivity contribution in [3.63, 3.8) is 0 Å². The SMILES string of the molecule is CC(C)c1cnc(NC(=O)N2CCCC(C(=O)O)C2)s1. The monoisotopic (exact) mass is 297 g/mol. The summed E-state index contributed by atoms with van der Waals surface area (Å²) in [5.41, 5.74) is 0. The third-order valence-electron chi connectivity index (χ3n) is 3.36. The number of aliphatic carboxylic acids is 1. The third kappa shape index (κ3) is 3.47. The first-order chi connectivity index (χ1) is 9.47. The van der Waals surface area contributed by atoms with Gasteiger partial charge >= 0.3 is 12.0 Å². The molecule has 0 aromatic carbocycles. The molecule has 1 unspecified atom stereocenters. The fourth-order valence-electron chi connectivity index (χ4n) is 2.15. The molecule has 0 saturated carbocycles. The van der Waals surface area contributed by atoms with Crippen LogP contribution in [0.5, 0.6) is 0 Å². The Bertz CT molecular complexity index is 501. The fraction of sp³-hybridized carbons (Fsp3) is 0.615. The smallest absolute Gasteiger partial charge is 0.323 e. The molecule has 1 aliphatic rings. The van der Waals surface area contributed by atoms with E-state index in [1.165, 1.54) is 11.3 Å². The number of piperidine rings is 1. The van der Waals surface area contributed by atoms with Crippen LogP contribution in [0.15, 0.2) is 6.20 Å². The number of nitrogens with one attached hydrogen (secondary N) is 1. The number of likely N-dealkylation sites (tertiary alicyclic amines) is 1. The number of hydrogen-bond acceptors (Lipinski definition) is 4.